The van der Waals surface area contributed by atoms with Crippen LogP contribution >= 0.6 is 0 Å². The number of piperidine rings is 1. The Bertz CT molecular complexity index is 443. The normalized spacial score (nSPS) is 24.0. The highest BCUT2D eigenvalue weighted by Crippen LogP contribution is 2.28. The van der Waals surface area contributed by atoms with Crippen LogP contribution in [-0.4, -0.2) is 55.6 Å². The number of hydrogen-bond acceptors (Lipinski definition) is 4. The number of aliphatic hydroxyl groups excluding tert-OH is 1. The van der Waals surface area contributed by atoms with Gasteiger partial charge in [-0.15, -0.1) is 0 Å². The standard InChI is InChI=1S/C17H25NO3/c19-10-12-20-15-5-8-18(9-6-15)13-17-16-4-2-1-3-14(16)7-11-21-17/h1-4,15,17,19H,5-13H2. The lowest BCUT2D eigenvalue weighted by molar-refractivity contribution is -0.0277. The summed E-state index contributed by atoms with van der Waals surface area (Å²) in [6, 6.07) is 8.65. The van der Waals surface area contributed by atoms with Crippen LogP contribution in [0.2, 0.25) is 0 Å². The van der Waals surface area contributed by atoms with Gasteiger partial charge in [-0.05, 0) is 30.4 Å². The second kappa shape index (κ2) is 7.36. The van der Waals surface area contributed by atoms with E-state index < -0.39 is 0 Å². The molecule has 2 aliphatic rings. The highest BCUT2D eigenvalue weighted by Gasteiger charge is 2.26. The summed E-state index contributed by atoms with van der Waals surface area (Å²) in [5.74, 6) is 0. The van der Waals surface area contributed by atoms with Gasteiger partial charge in [0.2, 0.25) is 0 Å². The van der Waals surface area contributed by atoms with E-state index in [9.17, 15) is 0 Å². The topological polar surface area (TPSA) is 41.9 Å². The number of nitrogens with zero attached hydrogens (tertiary/aromatic N) is 1. The first-order chi connectivity index (χ1) is 10.4. The minimum Gasteiger partial charge on any atom is -0.394 e. The molecule has 0 spiro atoms. The minimum atomic E-state index is 0.118. The van der Waals surface area contributed by atoms with Gasteiger partial charge in [-0.25, -0.2) is 0 Å². The summed E-state index contributed by atoms with van der Waals surface area (Å²) >= 11 is 0. The Morgan fingerprint density at radius 3 is 2.86 bits per heavy atom. The average Bonchev–Trinajstić information content (AvgIpc) is 2.55. The van der Waals surface area contributed by atoms with Crippen LogP contribution < -0.4 is 0 Å². The molecule has 1 unspecified atom stereocenters. The van der Waals surface area contributed by atoms with Crippen LogP contribution in [0.15, 0.2) is 24.3 Å². The van der Waals surface area contributed by atoms with Gasteiger partial charge in [-0.3, -0.25) is 0 Å². The molecule has 116 valence electrons. The van der Waals surface area contributed by atoms with Crippen molar-refractivity contribution in [1.29, 1.82) is 0 Å². The Kier molecular flexibility index (Phi) is 5.25. The summed E-state index contributed by atoms with van der Waals surface area (Å²) in [5, 5.41) is 8.81. The van der Waals surface area contributed by atoms with E-state index in [4.69, 9.17) is 14.6 Å². The number of benzene rings is 1. The Morgan fingerprint density at radius 1 is 1.24 bits per heavy atom. The number of ether oxygens (including phenoxy) is 2. The fraction of sp³-hybridized carbons (Fsp3) is 0.647. The van der Waals surface area contributed by atoms with E-state index >= 15 is 0 Å². The van der Waals surface area contributed by atoms with Crippen molar-refractivity contribution >= 4 is 0 Å². The minimum absolute atomic E-state index is 0.118. The quantitative estimate of drug-likeness (QED) is 0.898. The fourth-order valence-electron chi connectivity index (χ4n) is 3.34. The third-order valence-corrected chi connectivity index (χ3v) is 4.50. The number of likely N-dealkylation sites (tertiary alicyclic amines) is 1. The first-order valence-electron chi connectivity index (χ1n) is 8.01. The van der Waals surface area contributed by atoms with Gasteiger partial charge in [0, 0.05) is 19.6 Å². The van der Waals surface area contributed by atoms with Crippen molar-refractivity contribution in [3.63, 3.8) is 0 Å². The Labute approximate surface area is 126 Å². The number of aliphatic hydroxyl groups is 1. The summed E-state index contributed by atoms with van der Waals surface area (Å²) in [5.41, 5.74) is 2.80. The monoisotopic (exact) mass is 291 g/mol. The van der Waals surface area contributed by atoms with Crippen LogP contribution in [0.25, 0.3) is 0 Å². The van der Waals surface area contributed by atoms with E-state index in [-0.39, 0.29) is 12.7 Å². The third-order valence-electron chi connectivity index (χ3n) is 4.50. The zero-order chi connectivity index (χ0) is 14.5. The van der Waals surface area contributed by atoms with Gasteiger partial charge in [0.1, 0.15) is 0 Å². The second-order valence-electron chi connectivity index (χ2n) is 5.90. The van der Waals surface area contributed by atoms with Crippen molar-refractivity contribution in [2.24, 2.45) is 0 Å². The first-order valence-corrected chi connectivity index (χ1v) is 8.01. The Morgan fingerprint density at radius 2 is 2.05 bits per heavy atom. The van der Waals surface area contributed by atoms with E-state index in [0.29, 0.717) is 12.7 Å². The summed E-state index contributed by atoms with van der Waals surface area (Å²) in [7, 11) is 0. The van der Waals surface area contributed by atoms with Crippen LogP contribution in [0.3, 0.4) is 0 Å². The molecular formula is C17H25NO3. The molecule has 0 aromatic heterocycles. The Hall–Kier alpha value is -0.940. The molecule has 0 saturated carbocycles. The van der Waals surface area contributed by atoms with Crippen LogP contribution in [0.5, 0.6) is 0 Å². The molecule has 1 N–H and O–H groups in total. The lowest BCUT2D eigenvalue weighted by Gasteiger charge is -2.35. The van der Waals surface area contributed by atoms with Crippen LogP contribution in [0.1, 0.15) is 30.1 Å². The van der Waals surface area contributed by atoms with Crippen molar-refractivity contribution in [2.45, 2.75) is 31.5 Å². The highest BCUT2D eigenvalue weighted by molar-refractivity contribution is 5.31. The molecule has 2 aliphatic heterocycles. The maximum Gasteiger partial charge on any atom is 0.0954 e. The lowest BCUT2D eigenvalue weighted by atomic mass is 9.96. The molecule has 1 fully saturated rings. The molecule has 1 saturated heterocycles. The van der Waals surface area contributed by atoms with Gasteiger partial charge in [0.25, 0.3) is 0 Å². The number of rotatable bonds is 5. The maximum absolute atomic E-state index is 8.81. The van der Waals surface area contributed by atoms with Crippen molar-refractivity contribution in [3.8, 4) is 0 Å². The molecule has 1 aromatic rings. The lowest BCUT2D eigenvalue weighted by Crippen LogP contribution is -2.40. The molecule has 4 nitrogen and oxygen atoms in total. The average molecular weight is 291 g/mol. The van der Waals surface area contributed by atoms with E-state index in [0.717, 1.165) is 45.5 Å². The first kappa shape index (κ1) is 15.0. The largest absolute Gasteiger partial charge is 0.394 e. The van der Waals surface area contributed by atoms with Gasteiger partial charge < -0.3 is 19.5 Å². The van der Waals surface area contributed by atoms with Crippen LogP contribution in [0, 0.1) is 0 Å². The summed E-state index contributed by atoms with van der Waals surface area (Å²) in [6.45, 7) is 4.49. The second-order valence-corrected chi connectivity index (χ2v) is 5.90. The zero-order valence-corrected chi connectivity index (χ0v) is 12.5. The van der Waals surface area contributed by atoms with E-state index in [1.807, 2.05) is 0 Å². The molecule has 4 heteroatoms. The molecule has 1 aromatic carbocycles. The smallest absolute Gasteiger partial charge is 0.0954 e. The Balaban J connectivity index is 1.52. The van der Waals surface area contributed by atoms with E-state index in [2.05, 4.69) is 29.2 Å². The van der Waals surface area contributed by atoms with Crippen molar-refractivity contribution in [3.05, 3.63) is 35.4 Å². The number of fused-ring (bicyclic) bond motifs is 1. The predicted molar refractivity (Wildman–Crippen MR) is 81.3 cm³/mol. The summed E-state index contributed by atoms with van der Waals surface area (Å²) in [6.07, 6.45) is 3.66. The molecule has 0 amide bonds. The number of hydrogen-bond donors (Lipinski definition) is 1. The molecule has 0 aliphatic carbocycles. The fourth-order valence-corrected chi connectivity index (χ4v) is 3.34. The molecular weight excluding hydrogens is 266 g/mol. The maximum atomic E-state index is 8.81. The van der Waals surface area contributed by atoms with Crippen molar-refractivity contribution in [2.75, 3.05) is 39.5 Å². The van der Waals surface area contributed by atoms with Gasteiger partial charge in [-0.1, -0.05) is 24.3 Å². The predicted octanol–water partition coefficient (Wildman–Crippen LogP) is 1.77. The zero-order valence-electron chi connectivity index (χ0n) is 12.5. The van der Waals surface area contributed by atoms with Gasteiger partial charge in [-0.2, -0.15) is 0 Å². The molecule has 3 rings (SSSR count). The SMILES string of the molecule is OCCOC1CCN(CC2OCCc3ccccc32)CC1. The van der Waals surface area contributed by atoms with Crippen LogP contribution in [0.4, 0.5) is 0 Å². The van der Waals surface area contributed by atoms with E-state index in [1.165, 1.54) is 11.1 Å². The third kappa shape index (κ3) is 3.83. The van der Waals surface area contributed by atoms with E-state index in [1.54, 1.807) is 0 Å². The van der Waals surface area contributed by atoms with Gasteiger partial charge in [0.05, 0.1) is 32.0 Å². The highest BCUT2D eigenvalue weighted by atomic mass is 16.5. The molecule has 2 heterocycles. The van der Waals surface area contributed by atoms with Gasteiger partial charge in [0.15, 0.2) is 0 Å². The summed E-state index contributed by atoms with van der Waals surface area (Å²) < 4.78 is 11.6. The van der Waals surface area contributed by atoms with Gasteiger partial charge >= 0.3 is 0 Å². The summed E-state index contributed by atoms with van der Waals surface area (Å²) in [4.78, 5) is 2.48. The molecule has 1 atom stereocenters. The van der Waals surface area contributed by atoms with Crippen LogP contribution in [-0.2, 0) is 15.9 Å². The molecule has 0 bridgehead atoms. The van der Waals surface area contributed by atoms with Crippen molar-refractivity contribution in [1.82, 2.24) is 4.90 Å². The molecule has 0 radical (unpaired) electrons. The molecule has 21 heavy (non-hydrogen) atoms. The van der Waals surface area contributed by atoms with Crippen molar-refractivity contribution < 1.29 is 14.6 Å².